The van der Waals surface area contributed by atoms with Gasteiger partial charge in [-0.2, -0.15) is 5.26 Å². The van der Waals surface area contributed by atoms with Crippen molar-refractivity contribution in [3.8, 4) is 0 Å². The smallest absolute Gasteiger partial charge is 0.320 e. The average Bonchev–Trinajstić information content (AvgIpc) is 2.99. The predicted octanol–water partition coefficient (Wildman–Crippen LogP) is 0.253. The molecule has 1 heterocycles. The van der Waals surface area contributed by atoms with Crippen LogP contribution in [0.25, 0.3) is 11.0 Å². The van der Waals surface area contributed by atoms with Gasteiger partial charge in [-0.25, -0.2) is 13.4 Å². The second-order valence-corrected chi connectivity index (χ2v) is 9.44. The zero-order chi connectivity index (χ0) is 22.2. The van der Waals surface area contributed by atoms with Crippen molar-refractivity contribution < 1.29 is 33.0 Å². The van der Waals surface area contributed by atoms with Gasteiger partial charge in [-0.1, -0.05) is 12.1 Å². The van der Waals surface area contributed by atoms with Gasteiger partial charge in [0, 0.05) is 6.26 Å². The van der Waals surface area contributed by atoms with E-state index in [1.807, 2.05) is 6.07 Å². The average molecular weight is 430 g/mol. The van der Waals surface area contributed by atoms with Crippen LogP contribution in [0.4, 0.5) is 0 Å². The molecule has 12 heteroatoms. The van der Waals surface area contributed by atoms with Gasteiger partial charge in [0.15, 0.2) is 0 Å². The fourth-order valence-electron chi connectivity index (χ4n) is 2.11. The summed E-state index contributed by atoms with van der Waals surface area (Å²) in [6.45, 7) is 6.26. The number of benzene rings is 1. The largest absolute Gasteiger partial charge is 0.459 e. The normalized spacial score (nSPS) is 12.6. The number of sulfone groups is 1. The molecule has 0 amide bonds. The van der Waals surface area contributed by atoms with E-state index < -0.39 is 27.4 Å². The Morgan fingerprint density at radius 1 is 1.28 bits per heavy atom. The molecule has 1 atom stereocenters. The number of nitrogens with zero attached hydrogens (tertiary/aromatic N) is 3. The number of fused-ring (bicyclic) bond motifs is 1. The number of hydrogen-bond donors (Lipinski definition) is 2. The molecule has 11 nitrogen and oxygen atoms in total. The highest BCUT2D eigenvalue weighted by Gasteiger charge is 2.22. The Kier molecular flexibility index (Phi) is 8.67. The monoisotopic (exact) mass is 430 g/mol. The van der Waals surface area contributed by atoms with Gasteiger partial charge in [-0.15, -0.1) is 5.10 Å². The number of nitrogens with one attached hydrogen (secondary N) is 1. The Balaban J connectivity index is 0.000000321. The lowest BCUT2D eigenvalue weighted by atomic mass is 10.2. The molecule has 162 valence electrons. The lowest BCUT2D eigenvalue weighted by Gasteiger charge is -2.21. The second kappa shape index (κ2) is 10.3. The number of Topliss-reactive ketones (excluding diaryl/α,β-unsaturated/α-hetero) is 1. The van der Waals surface area contributed by atoms with Crippen molar-refractivity contribution in [3.63, 3.8) is 0 Å². The van der Waals surface area contributed by atoms with E-state index in [1.165, 1.54) is 6.92 Å². The van der Waals surface area contributed by atoms with Crippen molar-refractivity contribution >= 4 is 32.6 Å². The number of ketones is 1. The van der Waals surface area contributed by atoms with E-state index in [4.69, 9.17) is 9.99 Å². The highest BCUT2D eigenvalue weighted by Crippen LogP contribution is 2.07. The summed E-state index contributed by atoms with van der Waals surface area (Å²) in [5.41, 5.74) is 0.706. The van der Waals surface area contributed by atoms with Gasteiger partial charge in [0.25, 0.3) is 0 Å². The molecule has 0 radical (unpaired) electrons. The third-order valence-corrected chi connectivity index (χ3v) is 4.21. The molecular formula is C17H26N4O7S. The molecule has 1 aromatic carbocycles. The summed E-state index contributed by atoms with van der Waals surface area (Å²) in [6.07, 6.45) is 1.04. The Morgan fingerprint density at radius 3 is 2.41 bits per heavy atom. The Hall–Kier alpha value is -2.57. The van der Waals surface area contributed by atoms with Gasteiger partial charge in [-0.05, 0) is 49.9 Å². The summed E-state index contributed by atoms with van der Waals surface area (Å²) in [5, 5.41) is 18.1. The van der Waals surface area contributed by atoms with Crippen molar-refractivity contribution in [2.24, 2.45) is 0 Å². The molecule has 0 saturated carbocycles. The summed E-state index contributed by atoms with van der Waals surface area (Å²) in [7, 11) is -3.29. The number of carbonyl (C=O) groups is 2. The summed E-state index contributed by atoms with van der Waals surface area (Å²) in [6, 6.07) is 6.27. The first-order chi connectivity index (χ1) is 13.3. The third kappa shape index (κ3) is 9.45. The van der Waals surface area contributed by atoms with Crippen LogP contribution in [0.5, 0.6) is 0 Å². The van der Waals surface area contributed by atoms with E-state index in [2.05, 4.69) is 20.6 Å². The van der Waals surface area contributed by atoms with Crippen molar-refractivity contribution in [1.29, 1.82) is 0 Å². The highest BCUT2D eigenvalue weighted by atomic mass is 32.2. The quantitative estimate of drug-likeness (QED) is 0.355. The molecule has 0 aliphatic rings. The molecule has 2 rings (SSSR count). The first-order valence-corrected chi connectivity index (χ1v) is 10.6. The molecule has 0 aliphatic heterocycles. The predicted molar refractivity (Wildman–Crippen MR) is 105 cm³/mol. The number of carbonyl (C=O) groups excluding carboxylic acids is 2. The molecule has 0 aliphatic carbocycles. The molecule has 29 heavy (non-hydrogen) atoms. The Morgan fingerprint density at radius 2 is 1.90 bits per heavy atom. The van der Waals surface area contributed by atoms with E-state index in [9.17, 15) is 18.0 Å². The summed E-state index contributed by atoms with van der Waals surface area (Å²) in [4.78, 5) is 27.5. The van der Waals surface area contributed by atoms with E-state index in [0.29, 0.717) is 11.0 Å². The van der Waals surface area contributed by atoms with Crippen LogP contribution >= 0.6 is 0 Å². The maximum absolute atomic E-state index is 11.4. The molecule has 1 aromatic heterocycles. The minimum atomic E-state index is -3.29. The van der Waals surface area contributed by atoms with E-state index >= 15 is 0 Å². The first-order valence-electron chi connectivity index (χ1n) is 8.58. The molecule has 2 N–H and O–H groups in total. The number of para-hydroxylation sites is 1. The van der Waals surface area contributed by atoms with Crippen LogP contribution in [0.2, 0.25) is 0 Å². The van der Waals surface area contributed by atoms with Crippen molar-refractivity contribution in [3.05, 3.63) is 24.3 Å². The van der Waals surface area contributed by atoms with E-state index in [-0.39, 0.29) is 18.1 Å². The van der Waals surface area contributed by atoms with Crippen LogP contribution in [-0.2, 0) is 24.2 Å². The minimum Gasteiger partial charge on any atom is -0.459 e. The number of rotatable bonds is 7. The van der Waals surface area contributed by atoms with Crippen LogP contribution < -0.4 is 10.3 Å². The van der Waals surface area contributed by atoms with Gasteiger partial charge in [0.1, 0.15) is 32.3 Å². The van der Waals surface area contributed by atoms with Gasteiger partial charge in [0.05, 0.1) is 18.3 Å². The van der Waals surface area contributed by atoms with Crippen LogP contribution in [0.1, 0.15) is 27.7 Å². The first kappa shape index (κ1) is 24.5. The third-order valence-electron chi connectivity index (χ3n) is 3.27. The van der Waals surface area contributed by atoms with Crippen molar-refractivity contribution in [1.82, 2.24) is 20.5 Å². The molecule has 0 spiro atoms. The summed E-state index contributed by atoms with van der Waals surface area (Å²) >= 11 is 0. The molecule has 2 aromatic rings. The summed E-state index contributed by atoms with van der Waals surface area (Å²) in [5.74, 6) is -1.18. The molecule has 1 unspecified atom stereocenters. The van der Waals surface area contributed by atoms with Gasteiger partial charge >= 0.3 is 5.97 Å². The Labute approximate surface area is 168 Å². The SMILES string of the molecule is CC(=O)C(CS(C)(=O)=O)NCC(=O)OC(C)(C)C.OOn1nnc2ccccc21. The zero-order valence-electron chi connectivity index (χ0n) is 16.9. The molecule has 0 bridgehead atoms. The second-order valence-electron chi connectivity index (χ2n) is 7.26. The number of esters is 1. The lowest BCUT2D eigenvalue weighted by molar-refractivity contribution is -0.250. The number of ether oxygens (including phenoxy) is 1. The highest BCUT2D eigenvalue weighted by molar-refractivity contribution is 7.90. The fraction of sp³-hybridized carbons (Fsp3) is 0.529. The topological polar surface area (TPSA) is 150 Å². The molecular weight excluding hydrogens is 404 g/mol. The van der Waals surface area contributed by atoms with Crippen molar-refractivity contribution in [2.75, 3.05) is 18.6 Å². The van der Waals surface area contributed by atoms with E-state index in [0.717, 1.165) is 11.1 Å². The van der Waals surface area contributed by atoms with Crippen molar-refractivity contribution in [2.45, 2.75) is 39.3 Å². The number of hydrogen-bond acceptors (Lipinski definition) is 10. The maximum Gasteiger partial charge on any atom is 0.320 e. The lowest BCUT2D eigenvalue weighted by Crippen LogP contribution is -2.44. The fourth-order valence-corrected chi connectivity index (χ4v) is 3.07. The standard InChI is InChI=1S/C11H21NO5S.C6H5N3O2/c1-8(13)9(7-18(5,15)16)12-6-10(14)17-11(2,3)4;10-11-9-6-4-2-1-3-5(6)7-8-9/h9,12H,6-7H2,1-5H3;1-4,10H. The van der Waals surface area contributed by atoms with E-state index in [1.54, 1.807) is 39.0 Å². The Bertz CT molecular complexity index is 935. The minimum absolute atomic E-state index is 0.197. The van der Waals surface area contributed by atoms with Crippen LogP contribution in [0.3, 0.4) is 0 Å². The number of aromatic nitrogens is 3. The van der Waals surface area contributed by atoms with Gasteiger partial charge < -0.3 is 4.74 Å². The zero-order valence-corrected chi connectivity index (χ0v) is 17.8. The maximum atomic E-state index is 11.4. The van der Waals surface area contributed by atoms with Gasteiger partial charge in [0.2, 0.25) is 0 Å². The van der Waals surface area contributed by atoms with Crippen LogP contribution in [0.15, 0.2) is 24.3 Å². The van der Waals surface area contributed by atoms with Gasteiger partial charge in [-0.3, -0.25) is 14.9 Å². The van der Waals surface area contributed by atoms with Crippen LogP contribution in [0, 0.1) is 0 Å². The molecule has 0 saturated heterocycles. The summed E-state index contributed by atoms with van der Waals surface area (Å²) < 4.78 is 27.3. The van der Waals surface area contributed by atoms with Crippen LogP contribution in [-0.4, -0.2) is 70.8 Å². The molecule has 0 fully saturated rings.